The Bertz CT molecular complexity index is 440. The molecule has 0 aliphatic rings. The number of carbonyl (C=O) groups excluding carboxylic acids is 1. The van der Waals surface area contributed by atoms with Crippen LogP contribution in [0, 0.1) is 0 Å². The van der Waals surface area contributed by atoms with Crippen LogP contribution in [0.2, 0.25) is 0 Å². The zero-order valence-electron chi connectivity index (χ0n) is 10.8. The van der Waals surface area contributed by atoms with Crippen LogP contribution in [-0.2, 0) is 9.53 Å². The van der Waals surface area contributed by atoms with Crippen LogP contribution in [0.15, 0.2) is 36.2 Å². The van der Waals surface area contributed by atoms with E-state index >= 15 is 0 Å². The molecular formula is C14H17FO3. The van der Waals surface area contributed by atoms with Gasteiger partial charge in [0.25, 0.3) is 0 Å². The van der Waals surface area contributed by atoms with Crippen LogP contribution in [0.25, 0.3) is 0 Å². The lowest BCUT2D eigenvalue weighted by atomic mass is 10.0. The van der Waals surface area contributed by atoms with E-state index in [2.05, 4.69) is 4.74 Å². The summed E-state index contributed by atoms with van der Waals surface area (Å²) in [4.78, 5) is 11.1. The number of esters is 1. The maximum atomic E-state index is 13.5. The summed E-state index contributed by atoms with van der Waals surface area (Å²) < 4.78 is 23.1. The van der Waals surface area contributed by atoms with Crippen molar-refractivity contribution in [1.29, 1.82) is 0 Å². The molecule has 0 aliphatic heterocycles. The monoisotopic (exact) mass is 252 g/mol. The fourth-order valence-electron chi connectivity index (χ4n) is 1.51. The molecular weight excluding hydrogens is 235 g/mol. The van der Waals surface area contributed by atoms with Gasteiger partial charge < -0.3 is 9.47 Å². The average molecular weight is 252 g/mol. The Morgan fingerprint density at radius 2 is 2.22 bits per heavy atom. The molecule has 0 N–H and O–H groups in total. The molecule has 0 aliphatic carbocycles. The molecule has 0 spiro atoms. The van der Waals surface area contributed by atoms with Gasteiger partial charge >= 0.3 is 5.97 Å². The van der Waals surface area contributed by atoms with Gasteiger partial charge in [0.1, 0.15) is 5.75 Å². The fourth-order valence-corrected chi connectivity index (χ4v) is 1.51. The standard InChI is InChI=1S/C14H17FO3/c1-4-18-14(16)13(15)8-10(2)11-6-5-7-12(9-11)17-3/h5-10H,4H2,1-3H3/b13-8+. The lowest BCUT2D eigenvalue weighted by Crippen LogP contribution is -2.05. The van der Waals surface area contributed by atoms with Crippen LogP contribution >= 0.6 is 0 Å². The predicted molar refractivity (Wildman–Crippen MR) is 67.2 cm³/mol. The third-order valence-corrected chi connectivity index (χ3v) is 2.49. The first-order valence-corrected chi connectivity index (χ1v) is 5.76. The number of halogens is 1. The van der Waals surface area contributed by atoms with Gasteiger partial charge in [0, 0.05) is 5.92 Å². The van der Waals surface area contributed by atoms with Crippen molar-refractivity contribution in [2.24, 2.45) is 0 Å². The number of ether oxygens (including phenoxy) is 2. The highest BCUT2D eigenvalue weighted by molar-refractivity contribution is 5.86. The maximum Gasteiger partial charge on any atom is 0.366 e. The molecule has 0 aromatic heterocycles. The van der Waals surface area contributed by atoms with Gasteiger partial charge in [-0.2, -0.15) is 4.39 Å². The van der Waals surface area contributed by atoms with Gasteiger partial charge in [-0.25, -0.2) is 4.79 Å². The molecule has 0 radical (unpaired) electrons. The summed E-state index contributed by atoms with van der Waals surface area (Å²) in [6.45, 7) is 3.60. The molecule has 1 aromatic carbocycles. The molecule has 0 bridgehead atoms. The molecule has 0 amide bonds. The van der Waals surface area contributed by atoms with Gasteiger partial charge in [0.05, 0.1) is 13.7 Å². The molecule has 0 saturated carbocycles. The topological polar surface area (TPSA) is 35.5 Å². The van der Waals surface area contributed by atoms with Crippen molar-refractivity contribution < 1.29 is 18.7 Å². The second-order valence-electron chi connectivity index (χ2n) is 3.80. The Hall–Kier alpha value is -1.84. The zero-order chi connectivity index (χ0) is 13.5. The first-order chi connectivity index (χ1) is 8.58. The van der Waals surface area contributed by atoms with Gasteiger partial charge in [0.15, 0.2) is 0 Å². The minimum absolute atomic E-state index is 0.160. The first kappa shape index (κ1) is 14.2. The number of carbonyl (C=O) groups is 1. The normalized spacial score (nSPS) is 13.0. The van der Waals surface area contributed by atoms with E-state index in [1.165, 1.54) is 6.08 Å². The summed E-state index contributed by atoms with van der Waals surface area (Å²) in [5.41, 5.74) is 0.869. The van der Waals surface area contributed by atoms with Crippen molar-refractivity contribution in [3.05, 3.63) is 41.7 Å². The van der Waals surface area contributed by atoms with Crippen molar-refractivity contribution in [3.63, 3.8) is 0 Å². The number of hydrogen-bond donors (Lipinski definition) is 0. The van der Waals surface area contributed by atoms with E-state index in [0.717, 1.165) is 5.56 Å². The van der Waals surface area contributed by atoms with Crippen LogP contribution in [0.1, 0.15) is 25.3 Å². The number of allylic oxidation sites excluding steroid dienone is 1. The summed E-state index contributed by atoms with van der Waals surface area (Å²) >= 11 is 0. The second-order valence-corrected chi connectivity index (χ2v) is 3.80. The molecule has 0 fully saturated rings. The van der Waals surface area contributed by atoms with Crippen LogP contribution in [0.4, 0.5) is 4.39 Å². The molecule has 1 unspecified atom stereocenters. The summed E-state index contributed by atoms with van der Waals surface area (Å²) in [6, 6.07) is 7.28. The molecule has 0 heterocycles. The Morgan fingerprint density at radius 1 is 1.50 bits per heavy atom. The minimum Gasteiger partial charge on any atom is -0.497 e. The van der Waals surface area contributed by atoms with E-state index in [1.807, 2.05) is 18.2 Å². The third kappa shape index (κ3) is 3.87. The van der Waals surface area contributed by atoms with Gasteiger partial charge in [-0.3, -0.25) is 0 Å². The predicted octanol–water partition coefficient (Wildman–Crippen LogP) is 3.22. The molecule has 1 aromatic rings. The maximum absolute atomic E-state index is 13.5. The summed E-state index contributed by atoms with van der Waals surface area (Å²) in [7, 11) is 1.57. The van der Waals surface area contributed by atoms with Crippen LogP contribution < -0.4 is 4.74 Å². The summed E-state index contributed by atoms with van der Waals surface area (Å²) in [6.07, 6.45) is 1.24. The van der Waals surface area contributed by atoms with Crippen molar-refractivity contribution in [1.82, 2.24) is 0 Å². The van der Waals surface area contributed by atoms with Crippen molar-refractivity contribution >= 4 is 5.97 Å². The van der Waals surface area contributed by atoms with E-state index in [1.54, 1.807) is 27.0 Å². The summed E-state index contributed by atoms with van der Waals surface area (Å²) in [5.74, 6) is -1.33. The number of hydrogen-bond acceptors (Lipinski definition) is 3. The highest BCUT2D eigenvalue weighted by Crippen LogP contribution is 2.23. The fraction of sp³-hybridized carbons (Fsp3) is 0.357. The molecule has 4 heteroatoms. The average Bonchev–Trinajstić information content (AvgIpc) is 2.39. The largest absolute Gasteiger partial charge is 0.497 e. The smallest absolute Gasteiger partial charge is 0.366 e. The van der Waals surface area contributed by atoms with Crippen LogP contribution in [-0.4, -0.2) is 19.7 Å². The Balaban J connectivity index is 2.83. The number of methoxy groups -OCH3 is 1. The lowest BCUT2D eigenvalue weighted by molar-refractivity contribution is -0.140. The first-order valence-electron chi connectivity index (χ1n) is 5.76. The number of benzene rings is 1. The lowest BCUT2D eigenvalue weighted by Gasteiger charge is -2.09. The van der Waals surface area contributed by atoms with Gasteiger partial charge in [-0.1, -0.05) is 19.1 Å². The van der Waals surface area contributed by atoms with E-state index in [9.17, 15) is 9.18 Å². The van der Waals surface area contributed by atoms with Crippen LogP contribution in [0.3, 0.4) is 0 Å². The van der Waals surface area contributed by atoms with Gasteiger partial charge in [0.2, 0.25) is 5.83 Å². The van der Waals surface area contributed by atoms with Crippen molar-refractivity contribution in [3.8, 4) is 5.75 Å². The molecule has 3 nitrogen and oxygen atoms in total. The SMILES string of the molecule is CCOC(=O)/C(F)=C\C(C)c1cccc(OC)c1. The van der Waals surface area contributed by atoms with Gasteiger partial charge in [-0.05, 0) is 30.7 Å². The second kappa shape index (κ2) is 6.79. The highest BCUT2D eigenvalue weighted by Gasteiger charge is 2.12. The van der Waals surface area contributed by atoms with E-state index < -0.39 is 11.8 Å². The van der Waals surface area contributed by atoms with Crippen molar-refractivity contribution in [2.75, 3.05) is 13.7 Å². The molecule has 1 atom stereocenters. The van der Waals surface area contributed by atoms with Gasteiger partial charge in [-0.15, -0.1) is 0 Å². The molecule has 18 heavy (non-hydrogen) atoms. The third-order valence-electron chi connectivity index (χ3n) is 2.49. The van der Waals surface area contributed by atoms with E-state index in [-0.39, 0.29) is 12.5 Å². The molecule has 0 saturated heterocycles. The number of rotatable bonds is 5. The summed E-state index contributed by atoms with van der Waals surface area (Å²) in [5, 5.41) is 0. The molecule has 1 rings (SSSR count). The zero-order valence-corrected chi connectivity index (χ0v) is 10.8. The highest BCUT2D eigenvalue weighted by atomic mass is 19.1. The van der Waals surface area contributed by atoms with E-state index in [0.29, 0.717) is 5.75 Å². The Kier molecular flexibility index (Phi) is 5.36. The molecule has 98 valence electrons. The minimum atomic E-state index is -0.924. The Morgan fingerprint density at radius 3 is 2.83 bits per heavy atom. The van der Waals surface area contributed by atoms with Crippen molar-refractivity contribution in [2.45, 2.75) is 19.8 Å². The van der Waals surface area contributed by atoms with E-state index in [4.69, 9.17) is 4.74 Å². The Labute approximate surface area is 106 Å². The van der Waals surface area contributed by atoms with Crippen LogP contribution in [0.5, 0.6) is 5.75 Å². The quantitative estimate of drug-likeness (QED) is 0.596.